The van der Waals surface area contributed by atoms with Gasteiger partial charge in [-0.15, -0.1) is 0 Å². The molecule has 5 heteroatoms. The maximum Gasteiger partial charge on any atom is 0.337 e. The first kappa shape index (κ1) is 8.90. The van der Waals surface area contributed by atoms with Gasteiger partial charge in [0.1, 0.15) is 5.15 Å². The Kier molecular flexibility index (Phi) is 2.05. The summed E-state index contributed by atoms with van der Waals surface area (Å²) in [4.78, 5) is 18.4. The van der Waals surface area contributed by atoms with E-state index < -0.39 is 5.97 Å². The smallest absolute Gasteiger partial charge is 0.337 e. The van der Waals surface area contributed by atoms with Gasteiger partial charge in [0.25, 0.3) is 0 Å². The normalized spacial score (nSPS) is 10.4. The fourth-order valence-electron chi connectivity index (χ4n) is 1.10. The molecule has 2 heterocycles. The number of carbonyl (C=O) groups is 1. The van der Waals surface area contributed by atoms with Crippen molar-refractivity contribution < 1.29 is 9.90 Å². The molecule has 0 saturated carbocycles. The van der Waals surface area contributed by atoms with E-state index in [-0.39, 0.29) is 5.56 Å². The summed E-state index contributed by atoms with van der Waals surface area (Å²) in [6.45, 7) is 0. The number of carboxylic acids is 1. The average Bonchev–Trinajstić information content (AvgIpc) is 2.16. The maximum atomic E-state index is 10.6. The number of halogens is 1. The second kappa shape index (κ2) is 3.23. The van der Waals surface area contributed by atoms with Crippen LogP contribution in [-0.4, -0.2) is 21.0 Å². The number of pyridine rings is 2. The van der Waals surface area contributed by atoms with Crippen LogP contribution in [0.1, 0.15) is 10.4 Å². The number of aromatic carboxylic acids is 1. The number of rotatable bonds is 1. The van der Waals surface area contributed by atoms with Gasteiger partial charge in [-0.25, -0.2) is 14.8 Å². The lowest BCUT2D eigenvalue weighted by molar-refractivity contribution is 0.0696. The molecule has 0 bridgehead atoms. The molecule has 0 radical (unpaired) electrons. The highest BCUT2D eigenvalue weighted by Crippen LogP contribution is 2.14. The zero-order valence-electron chi connectivity index (χ0n) is 6.94. The van der Waals surface area contributed by atoms with Crippen molar-refractivity contribution in [1.29, 1.82) is 0 Å². The third-order valence-electron chi connectivity index (χ3n) is 1.76. The van der Waals surface area contributed by atoms with Crippen molar-refractivity contribution in [2.45, 2.75) is 0 Å². The highest BCUT2D eigenvalue weighted by Gasteiger charge is 2.05. The molecule has 0 atom stereocenters. The van der Waals surface area contributed by atoms with E-state index >= 15 is 0 Å². The molecule has 14 heavy (non-hydrogen) atoms. The minimum Gasteiger partial charge on any atom is -0.478 e. The first-order valence-corrected chi connectivity index (χ1v) is 4.20. The Morgan fingerprint density at radius 2 is 2.21 bits per heavy atom. The van der Waals surface area contributed by atoms with Crippen LogP contribution in [0.3, 0.4) is 0 Å². The van der Waals surface area contributed by atoms with Crippen molar-refractivity contribution in [2.24, 2.45) is 0 Å². The molecule has 0 saturated heterocycles. The number of hydrogen-bond donors (Lipinski definition) is 1. The van der Waals surface area contributed by atoms with Gasteiger partial charge in [0, 0.05) is 11.6 Å². The third kappa shape index (κ3) is 1.52. The first-order valence-electron chi connectivity index (χ1n) is 3.82. The van der Waals surface area contributed by atoms with Crippen LogP contribution < -0.4 is 0 Å². The van der Waals surface area contributed by atoms with Crippen molar-refractivity contribution in [3.8, 4) is 0 Å². The molecule has 0 spiro atoms. The van der Waals surface area contributed by atoms with E-state index in [9.17, 15) is 4.79 Å². The summed E-state index contributed by atoms with van der Waals surface area (Å²) in [6.07, 6.45) is 1.26. The molecule has 0 amide bonds. The van der Waals surface area contributed by atoms with Gasteiger partial charge in [-0.1, -0.05) is 11.6 Å². The van der Waals surface area contributed by atoms with Crippen molar-refractivity contribution in [3.05, 3.63) is 35.1 Å². The van der Waals surface area contributed by atoms with Gasteiger partial charge in [0.15, 0.2) is 5.65 Å². The van der Waals surface area contributed by atoms with E-state index in [0.29, 0.717) is 16.2 Å². The lowest BCUT2D eigenvalue weighted by Crippen LogP contribution is -1.97. The Morgan fingerprint density at radius 3 is 2.93 bits per heavy atom. The van der Waals surface area contributed by atoms with Crippen molar-refractivity contribution in [1.82, 2.24) is 9.97 Å². The largest absolute Gasteiger partial charge is 0.478 e. The van der Waals surface area contributed by atoms with Crippen LogP contribution in [0.25, 0.3) is 11.0 Å². The Bertz CT molecular complexity index is 513. The quantitative estimate of drug-likeness (QED) is 0.728. The Labute approximate surface area is 84.2 Å². The zero-order valence-corrected chi connectivity index (χ0v) is 7.69. The molecule has 2 rings (SSSR count). The topological polar surface area (TPSA) is 63.1 Å². The first-order chi connectivity index (χ1) is 6.66. The number of fused-ring (bicyclic) bond motifs is 1. The highest BCUT2D eigenvalue weighted by atomic mass is 35.5. The van der Waals surface area contributed by atoms with Crippen molar-refractivity contribution >= 4 is 28.6 Å². The monoisotopic (exact) mass is 208 g/mol. The predicted molar refractivity (Wildman–Crippen MR) is 51.5 cm³/mol. The van der Waals surface area contributed by atoms with Gasteiger partial charge in [-0.05, 0) is 18.2 Å². The summed E-state index contributed by atoms with van der Waals surface area (Å²) in [5.74, 6) is -1.01. The molecule has 0 aromatic carbocycles. The van der Waals surface area contributed by atoms with Gasteiger partial charge in [-0.2, -0.15) is 0 Å². The summed E-state index contributed by atoms with van der Waals surface area (Å²) in [5.41, 5.74) is 0.587. The van der Waals surface area contributed by atoms with E-state index in [4.69, 9.17) is 16.7 Å². The van der Waals surface area contributed by atoms with Gasteiger partial charge >= 0.3 is 5.97 Å². The van der Waals surface area contributed by atoms with Crippen LogP contribution in [0, 0.1) is 0 Å². The lowest BCUT2D eigenvalue weighted by Gasteiger charge is -1.98. The third-order valence-corrected chi connectivity index (χ3v) is 1.97. The minimum absolute atomic E-state index is 0.140. The SMILES string of the molecule is O=C(O)c1cnc2nc(Cl)ccc2c1. The van der Waals surface area contributed by atoms with Crippen LogP contribution >= 0.6 is 11.6 Å². The van der Waals surface area contributed by atoms with Crippen LogP contribution in [0.2, 0.25) is 5.15 Å². The molecule has 2 aromatic heterocycles. The Hall–Kier alpha value is -1.68. The number of hydrogen-bond acceptors (Lipinski definition) is 3. The molecule has 4 nitrogen and oxygen atoms in total. The standard InChI is InChI=1S/C9H5ClN2O2/c10-7-2-1-5-3-6(9(13)14)4-11-8(5)12-7/h1-4H,(H,13,14). The molecular formula is C9H5ClN2O2. The summed E-state index contributed by atoms with van der Waals surface area (Å²) in [5, 5.41) is 9.71. The summed E-state index contributed by atoms with van der Waals surface area (Å²) in [7, 11) is 0. The molecule has 0 aliphatic rings. The van der Waals surface area contributed by atoms with E-state index in [0.717, 1.165) is 0 Å². The molecule has 70 valence electrons. The van der Waals surface area contributed by atoms with Gasteiger partial charge in [0.05, 0.1) is 5.56 Å². The Morgan fingerprint density at radius 1 is 1.43 bits per heavy atom. The molecule has 2 aromatic rings. The predicted octanol–water partition coefficient (Wildman–Crippen LogP) is 1.98. The van der Waals surface area contributed by atoms with E-state index in [1.165, 1.54) is 12.3 Å². The second-order valence-corrected chi connectivity index (χ2v) is 3.10. The second-order valence-electron chi connectivity index (χ2n) is 2.71. The summed E-state index contributed by atoms with van der Waals surface area (Å²) < 4.78 is 0. The number of aromatic nitrogens is 2. The van der Waals surface area contributed by atoms with Crippen LogP contribution in [-0.2, 0) is 0 Å². The minimum atomic E-state index is -1.01. The summed E-state index contributed by atoms with van der Waals surface area (Å²) in [6, 6.07) is 4.79. The van der Waals surface area contributed by atoms with Gasteiger partial charge in [-0.3, -0.25) is 0 Å². The average molecular weight is 209 g/mol. The molecule has 0 aliphatic carbocycles. The van der Waals surface area contributed by atoms with Crippen LogP contribution in [0.15, 0.2) is 24.4 Å². The maximum absolute atomic E-state index is 10.6. The van der Waals surface area contributed by atoms with Crippen LogP contribution in [0.5, 0.6) is 0 Å². The number of nitrogens with zero attached hydrogens (tertiary/aromatic N) is 2. The molecule has 0 unspecified atom stereocenters. The van der Waals surface area contributed by atoms with Crippen LogP contribution in [0.4, 0.5) is 0 Å². The zero-order chi connectivity index (χ0) is 10.1. The molecular weight excluding hydrogens is 204 g/mol. The molecule has 0 aliphatic heterocycles. The molecule has 1 N–H and O–H groups in total. The lowest BCUT2D eigenvalue weighted by atomic mass is 10.2. The van der Waals surface area contributed by atoms with Crippen molar-refractivity contribution in [2.75, 3.05) is 0 Å². The Balaban J connectivity index is 2.67. The van der Waals surface area contributed by atoms with E-state index in [1.54, 1.807) is 12.1 Å². The number of carboxylic acid groups (broad SMARTS) is 1. The molecule has 0 fully saturated rings. The van der Waals surface area contributed by atoms with Gasteiger partial charge < -0.3 is 5.11 Å². The van der Waals surface area contributed by atoms with Gasteiger partial charge in [0.2, 0.25) is 0 Å². The van der Waals surface area contributed by atoms with Crippen molar-refractivity contribution in [3.63, 3.8) is 0 Å². The van der Waals surface area contributed by atoms with E-state index in [1.807, 2.05) is 0 Å². The van der Waals surface area contributed by atoms with E-state index in [2.05, 4.69) is 9.97 Å². The fraction of sp³-hybridized carbons (Fsp3) is 0. The fourth-order valence-corrected chi connectivity index (χ4v) is 1.25. The summed E-state index contributed by atoms with van der Waals surface area (Å²) >= 11 is 5.65. The highest BCUT2D eigenvalue weighted by molar-refractivity contribution is 6.29.